The van der Waals surface area contributed by atoms with E-state index in [9.17, 15) is 13.2 Å². The Morgan fingerprint density at radius 2 is 1.79 bits per heavy atom. The second kappa shape index (κ2) is 10.6. The van der Waals surface area contributed by atoms with Crippen molar-refractivity contribution in [1.82, 2.24) is 10.6 Å². The fourth-order valence-corrected chi connectivity index (χ4v) is 4.75. The first-order valence-electron chi connectivity index (χ1n) is 11.2. The molecule has 38 heavy (non-hydrogen) atoms. The fraction of sp³-hybridized carbons (Fsp3) is 0.115. The average molecular weight is 577 g/mol. The summed E-state index contributed by atoms with van der Waals surface area (Å²) >= 11 is 17.5. The van der Waals surface area contributed by atoms with Crippen LogP contribution in [-0.2, 0) is 12.8 Å². The predicted molar refractivity (Wildman–Crippen MR) is 145 cm³/mol. The number of alkyl halides is 3. The molecule has 0 saturated carbocycles. The smallest absolute Gasteiger partial charge is 0.406 e. The van der Waals surface area contributed by atoms with Gasteiger partial charge in [0.25, 0.3) is 0 Å². The van der Waals surface area contributed by atoms with E-state index in [-0.39, 0.29) is 10.9 Å². The molecule has 0 amide bonds. The zero-order valence-corrected chi connectivity index (χ0v) is 21.6. The van der Waals surface area contributed by atoms with Crippen molar-refractivity contribution in [2.24, 2.45) is 5.10 Å². The number of thiocarbonyl (C=S) groups is 1. The maximum Gasteiger partial charge on any atom is 0.573 e. The SMILES string of the molecule is FC(F)(F)Oc1ccc(-c2onc3c2CCc2cc(/C=N/NC(=S)Nc4c(Cl)cccc4Cl)ccc2-3)cc1. The molecule has 1 aliphatic carbocycles. The minimum atomic E-state index is -4.75. The summed E-state index contributed by atoms with van der Waals surface area (Å²) in [6.45, 7) is 0. The molecule has 1 aliphatic rings. The summed E-state index contributed by atoms with van der Waals surface area (Å²) in [5.41, 5.74) is 8.31. The number of hydrogen-bond acceptors (Lipinski definition) is 5. The maximum atomic E-state index is 12.4. The van der Waals surface area contributed by atoms with Gasteiger partial charge >= 0.3 is 6.36 Å². The van der Waals surface area contributed by atoms with E-state index in [0.29, 0.717) is 39.2 Å². The highest BCUT2D eigenvalue weighted by Crippen LogP contribution is 2.39. The van der Waals surface area contributed by atoms with Crippen molar-refractivity contribution in [3.05, 3.63) is 87.4 Å². The molecule has 5 rings (SSSR count). The van der Waals surface area contributed by atoms with Crippen molar-refractivity contribution in [2.75, 3.05) is 5.32 Å². The van der Waals surface area contributed by atoms with E-state index < -0.39 is 6.36 Å². The quantitative estimate of drug-likeness (QED) is 0.144. The van der Waals surface area contributed by atoms with Crippen molar-refractivity contribution in [1.29, 1.82) is 0 Å². The number of ether oxygens (including phenoxy) is 1. The number of hydrogen-bond donors (Lipinski definition) is 2. The minimum Gasteiger partial charge on any atom is -0.406 e. The standard InChI is InChI=1S/C26H17Cl2F3N4O2S/c27-20-2-1-3-21(28)23(20)33-25(38)34-32-13-14-4-10-18-16(12-14)7-11-19-22(18)35-37-24(19)15-5-8-17(9-6-15)36-26(29,30)31/h1-6,8-10,12-13H,7,11H2,(H2,33,34,38)/b32-13+. The zero-order valence-electron chi connectivity index (χ0n) is 19.3. The predicted octanol–water partition coefficient (Wildman–Crippen LogP) is 7.63. The summed E-state index contributed by atoms with van der Waals surface area (Å²) in [6.07, 6.45) is -1.72. The van der Waals surface area contributed by atoms with Crippen molar-refractivity contribution in [2.45, 2.75) is 19.2 Å². The number of fused-ring (bicyclic) bond motifs is 3. The molecule has 0 bridgehead atoms. The van der Waals surface area contributed by atoms with E-state index in [2.05, 4.69) is 25.7 Å². The third-order valence-electron chi connectivity index (χ3n) is 5.75. The Kier molecular flexibility index (Phi) is 7.29. The third-order valence-corrected chi connectivity index (χ3v) is 6.57. The lowest BCUT2D eigenvalue weighted by Gasteiger charge is -2.16. The first kappa shape index (κ1) is 26.0. The van der Waals surface area contributed by atoms with Gasteiger partial charge in [-0.15, -0.1) is 13.2 Å². The van der Waals surface area contributed by atoms with Crippen LogP contribution in [0.25, 0.3) is 22.6 Å². The third kappa shape index (κ3) is 5.77. The van der Waals surface area contributed by atoms with Gasteiger partial charge in [-0.1, -0.05) is 46.6 Å². The number of nitrogens with one attached hydrogen (secondary N) is 2. The van der Waals surface area contributed by atoms with Crippen LogP contribution in [0, 0.1) is 0 Å². The normalized spacial score (nSPS) is 12.7. The van der Waals surface area contributed by atoms with Crippen molar-refractivity contribution < 1.29 is 22.4 Å². The highest BCUT2D eigenvalue weighted by Gasteiger charge is 2.31. The molecule has 1 heterocycles. The van der Waals surface area contributed by atoms with Crippen LogP contribution in [0.15, 0.2) is 70.3 Å². The summed E-state index contributed by atoms with van der Waals surface area (Å²) in [7, 11) is 0. The van der Waals surface area contributed by atoms with E-state index >= 15 is 0 Å². The van der Waals surface area contributed by atoms with Crippen LogP contribution < -0.4 is 15.5 Å². The Balaban J connectivity index is 1.28. The first-order valence-corrected chi connectivity index (χ1v) is 12.4. The van der Waals surface area contributed by atoms with E-state index in [0.717, 1.165) is 28.7 Å². The number of aromatic nitrogens is 1. The molecule has 1 aromatic heterocycles. The Labute approximate surface area is 230 Å². The zero-order chi connectivity index (χ0) is 26.9. The molecule has 0 spiro atoms. The number of halogens is 5. The highest BCUT2D eigenvalue weighted by atomic mass is 35.5. The first-order chi connectivity index (χ1) is 18.2. The minimum absolute atomic E-state index is 0.229. The number of anilines is 1. The van der Waals surface area contributed by atoms with Crippen LogP contribution in [0.5, 0.6) is 5.75 Å². The lowest BCUT2D eigenvalue weighted by molar-refractivity contribution is -0.274. The highest BCUT2D eigenvalue weighted by molar-refractivity contribution is 7.80. The van der Waals surface area contributed by atoms with Gasteiger partial charge in [-0.05, 0) is 78.7 Å². The second-order valence-electron chi connectivity index (χ2n) is 8.25. The van der Waals surface area contributed by atoms with Crippen molar-refractivity contribution in [3.8, 4) is 28.3 Å². The molecular formula is C26H17Cl2F3N4O2S. The number of nitrogens with zero attached hydrogens (tertiary/aromatic N) is 2. The van der Waals surface area contributed by atoms with Gasteiger partial charge in [-0.2, -0.15) is 5.10 Å². The Morgan fingerprint density at radius 1 is 1.05 bits per heavy atom. The van der Waals surface area contributed by atoms with Gasteiger partial charge in [0.2, 0.25) is 0 Å². The fourth-order valence-electron chi connectivity index (χ4n) is 4.10. The van der Waals surface area contributed by atoms with Gasteiger partial charge < -0.3 is 14.6 Å². The van der Waals surface area contributed by atoms with Gasteiger partial charge in [0.15, 0.2) is 10.9 Å². The maximum absolute atomic E-state index is 12.4. The van der Waals surface area contributed by atoms with Gasteiger partial charge in [-0.3, -0.25) is 5.43 Å². The van der Waals surface area contributed by atoms with Gasteiger partial charge in [0.05, 0.1) is 21.9 Å². The Morgan fingerprint density at radius 3 is 2.50 bits per heavy atom. The molecule has 2 N–H and O–H groups in total. The average Bonchev–Trinajstić information content (AvgIpc) is 3.30. The summed E-state index contributed by atoms with van der Waals surface area (Å²) in [5, 5.41) is 12.4. The molecule has 0 unspecified atom stereocenters. The van der Waals surface area contributed by atoms with Crippen molar-refractivity contribution >= 4 is 52.4 Å². The molecule has 6 nitrogen and oxygen atoms in total. The molecule has 0 aliphatic heterocycles. The van der Waals surface area contributed by atoms with Crippen molar-refractivity contribution in [3.63, 3.8) is 0 Å². The Hall–Kier alpha value is -3.60. The van der Waals surface area contributed by atoms with E-state index in [1.807, 2.05) is 18.2 Å². The number of rotatable bonds is 5. The molecule has 0 atom stereocenters. The van der Waals surface area contributed by atoms with Crippen LogP contribution in [-0.4, -0.2) is 22.8 Å². The van der Waals surface area contributed by atoms with Gasteiger partial charge in [0, 0.05) is 16.7 Å². The molecular weight excluding hydrogens is 560 g/mol. The molecule has 0 fully saturated rings. The van der Waals surface area contributed by atoms with Gasteiger partial charge in [-0.25, -0.2) is 0 Å². The molecule has 0 saturated heterocycles. The van der Waals surface area contributed by atoms with Crippen LogP contribution in [0.2, 0.25) is 10.0 Å². The monoisotopic (exact) mass is 576 g/mol. The number of hydrazone groups is 1. The lowest BCUT2D eigenvalue weighted by atomic mass is 9.87. The van der Waals surface area contributed by atoms with Crippen LogP contribution >= 0.6 is 35.4 Å². The lowest BCUT2D eigenvalue weighted by Crippen LogP contribution is -2.24. The summed E-state index contributed by atoms with van der Waals surface area (Å²) in [4.78, 5) is 0. The van der Waals surface area contributed by atoms with Gasteiger partial charge in [0.1, 0.15) is 11.4 Å². The van der Waals surface area contributed by atoms with E-state index in [4.69, 9.17) is 39.9 Å². The molecule has 0 radical (unpaired) electrons. The number of para-hydroxylation sites is 1. The second-order valence-corrected chi connectivity index (χ2v) is 9.47. The summed E-state index contributed by atoms with van der Waals surface area (Å²) < 4.78 is 46.9. The molecule has 194 valence electrons. The topological polar surface area (TPSA) is 71.7 Å². The largest absolute Gasteiger partial charge is 0.573 e. The van der Waals surface area contributed by atoms with E-state index in [1.54, 1.807) is 24.4 Å². The van der Waals surface area contributed by atoms with Crippen LogP contribution in [0.1, 0.15) is 16.7 Å². The Bertz CT molecular complexity index is 1520. The summed E-state index contributed by atoms with van der Waals surface area (Å²) in [5.74, 6) is 0.228. The molecule has 12 heteroatoms. The number of aryl methyl sites for hydroxylation is 1. The molecule has 3 aromatic carbocycles. The van der Waals surface area contributed by atoms with E-state index in [1.165, 1.54) is 24.3 Å². The van der Waals surface area contributed by atoms with Crippen LogP contribution in [0.4, 0.5) is 18.9 Å². The number of benzene rings is 3. The summed E-state index contributed by atoms with van der Waals surface area (Å²) in [6, 6.07) is 16.5. The molecule has 4 aromatic rings. The van der Waals surface area contributed by atoms with Crippen LogP contribution in [0.3, 0.4) is 0 Å².